The molecule has 8 heteroatoms. The highest BCUT2D eigenvalue weighted by atomic mass is 32.2. The minimum Gasteiger partial charge on any atom is -0.466 e. The van der Waals surface area contributed by atoms with Gasteiger partial charge in [0.15, 0.2) is 0 Å². The van der Waals surface area contributed by atoms with Crippen LogP contribution in [0.5, 0.6) is 0 Å². The Labute approximate surface area is 183 Å². The predicted octanol–water partition coefficient (Wildman–Crippen LogP) is 2.69. The van der Waals surface area contributed by atoms with E-state index in [1.807, 2.05) is 30.3 Å². The first kappa shape index (κ1) is 23.0. The molecule has 0 fully saturated rings. The summed E-state index contributed by atoms with van der Waals surface area (Å²) in [5.74, 6) is -1.13. The van der Waals surface area contributed by atoms with Crippen LogP contribution >= 0.6 is 0 Å². The zero-order valence-corrected chi connectivity index (χ0v) is 18.7. The maximum absolute atomic E-state index is 12.9. The maximum atomic E-state index is 12.9. The van der Waals surface area contributed by atoms with Gasteiger partial charge in [-0.25, -0.2) is 13.1 Å². The standard InChI is InChI=1S/C23H28N2O5S/c1-3-30-23(27)20(14-18-8-5-4-6-9-18)16-24-31(28,29)21-11-12-22-19(15-21)10-7-13-25(22)17(2)26/h4-6,8-9,11-12,15,20,24H,3,7,10,13-14,16H2,1-2H3. The van der Waals surface area contributed by atoms with E-state index in [2.05, 4.69) is 4.72 Å². The molecule has 1 aliphatic heterocycles. The predicted molar refractivity (Wildman–Crippen MR) is 118 cm³/mol. The molecule has 0 spiro atoms. The molecule has 2 aromatic carbocycles. The van der Waals surface area contributed by atoms with E-state index in [9.17, 15) is 18.0 Å². The summed E-state index contributed by atoms with van der Waals surface area (Å²) in [6.45, 7) is 4.02. The van der Waals surface area contributed by atoms with Crippen molar-refractivity contribution in [1.82, 2.24) is 4.72 Å². The van der Waals surface area contributed by atoms with Crippen LogP contribution in [0.25, 0.3) is 0 Å². The molecule has 0 saturated heterocycles. The number of carbonyl (C=O) groups excluding carboxylic acids is 2. The van der Waals surface area contributed by atoms with Gasteiger partial charge in [-0.3, -0.25) is 9.59 Å². The third-order valence-electron chi connectivity index (χ3n) is 5.32. The third kappa shape index (κ3) is 5.71. The highest BCUT2D eigenvalue weighted by Gasteiger charge is 2.26. The van der Waals surface area contributed by atoms with Gasteiger partial charge in [0.25, 0.3) is 0 Å². The molecular weight excluding hydrogens is 416 g/mol. The average molecular weight is 445 g/mol. The molecule has 1 aliphatic rings. The number of nitrogens with one attached hydrogen (secondary N) is 1. The van der Waals surface area contributed by atoms with Crippen molar-refractivity contribution in [3.05, 3.63) is 59.7 Å². The van der Waals surface area contributed by atoms with E-state index in [0.717, 1.165) is 23.2 Å². The Hall–Kier alpha value is -2.71. The Bertz CT molecular complexity index is 1040. The summed E-state index contributed by atoms with van der Waals surface area (Å²) in [6.07, 6.45) is 1.87. The van der Waals surface area contributed by atoms with Crippen LogP contribution in [0, 0.1) is 5.92 Å². The van der Waals surface area contributed by atoms with E-state index in [0.29, 0.717) is 19.4 Å². The van der Waals surface area contributed by atoms with Gasteiger partial charge in [-0.05, 0) is 55.5 Å². The van der Waals surface area contributed by atoms with E-state index in [4.69, 9.17) is 4.74 Å². The lowest BCUT2D eigenvalue weighted by Gasteiger charge is -2.29. The topological polar surface area (TPSA) is 92.8 Å². The van der Waals surface area contributed by atoms with Crippen molar-refractivity contribution in [2.24, 2.45) is 5.92 Å². The second-order valence-corrected chi connectivity index (χ2v) is 9.32. The number of hydrogen-bond donors (Lipinski definition) is 1. The van der Waals surface area contributed by atoms with Gasteiger partial charge < -0.3 is 9.64 Å². The molecule has 3 rings (SSSR count). The first-order valence-electron chi connectivity index (χ1n) is 10.4. The van der Waals surface area contributed by atoms with Gasteiger partial charge in [-0.2, -0.15) is 0 Å². The van der Waals surface area contributed by atoms with E-state index in [-0.39, 0.29) is 24.0 Å². The van der Waals surface area contributed by atoms with E-state index >= 15 is 0 Å². The molecule has 166 valence electrons. The number of anilines is 1. The third-order valence-corrected chi connectivity index (χ3v) is 6.75. The van der Waals surface area contributed by atoms with Crippen molar-refractivity contribution in [2.45, 2.75) is 38.0 Å². The molecule has 1 heterocycles. The maximum Gasteiger partial charge on any atom is 0.310 e. The summed E-state index contributed by atoms with van der Waals surface area (Å²) < 4.78 is 33.6. The second-order valence-electron chi connectivity index (χ2n) is 7.56. The van der Waals surface area contributed by atoms with E-state index < -0.39 is 21.9 Å². The van der Waals surface area contributed by atoms with Crippen molar-refractivity contribution in [2.75, 3.05) is 24.6 Å². The summed E-state index contributed by atoms with van der Waals surface area (Å²) in [5.41, 5.74) is 2.51. The Balaban J connectivity index is 1.76. The number of aryl methyl sites for hydroxylation is 1. The normalized spacial score (nSPS) is 14.6. The summed E-state index contributed by atoms with van der Waals surface area (Å²) >= 11 is 0. The quantitative estimate of drug-likeness (QED) is 0.632. The van der Waals surface area contributed by atoms with Gasteiger partial charge in [-0.15, -0.1) is 0 Å². The van der Waals surface area contributed by atoms with Gasteiger partial charge in [0.05, 0.1) is 17.4 Å². The van der Waals surface area contributed by atoms with Crippen LogP contribution < -0.4 is 9.62 Å². The Morgan fingerprint density at radius 2 is 1.90 bits per heavy atom. The van der Waals surface area contributed by atoms with Crippen LogP contribution in [0.2, 0.25) is 0 Å². The molecule has 0 saturated carbocycles. The van der Waals surface area contributed by atoms with Gasteiger partial charge in [0.1, 0.15) is 0 Å². The molecule has 0 bridgehead atoms. The summed E-state index contributed by atoms with van der Waals surface area (Å²) in [7, 11) is -3.83. The molecule has 31 heavy (non-hydrogen) atoms. The Kier molecular flexibility index (Phi) is 7.46. The first-order chi connectivity index (χ1) is 14.8. The molecule has 0 aliphatic carbocycles. The summed E-state index contributed by atoms with van der Waals surface area (Å²) in [6, 6.07) is 14.2. The highest BCUT2D eigenvalue weighted by Crippen LogP contribution is 2.29. The number of carbonyl (C=O) groups is 2. The zero-order valence-electron chi connectivity index (χ0n) is 17.8. The number of amides is 1. The fraction of sp³-hybridized carbons (Fsp3) is 0.391. The molecule has 0 radical (unpaired) electrons. The van der Waals surface area contributed by atoms with Gasteiger partial charge in [-0.1, -0.05) is 30.3 Å². The van der Waals surface area contributed by atoms with Crippen LogP contribution in [0.15, 0.2) is 53.4 Å². The summed E-state index contributed by atoms with van der Waals surface area (Å²) in [4.78, 5) is 26.0. The Morgan fingerprint density at radius 1 is 1.16 bits per heavy atom. The monoisotopic (exact) mass is 444 g/mol. The van der Waals surface area contributed by atoms with Gasteiger partial charge >= 0.3 is 5.97 Å². The van der Waals surface area contributed by atoms with Crippen LogP contribution in [0.1, 0.15) is 31.4 Å². The summed E-state index contributed by atoms with van der Waals surface area (Å²) in [5, 5.41) is 0. The fourth-order valence-electron chi connectivity index (χ4n) is 3.76. The SMILES string of the molecule is CCOC(=O)C(CNS(=O)(=O)c1ccc2c(c1)CCCN2C(C)=O)Cc1ccccc1. The zero-order chi connectivity index (χ0) is 22.4. The molecule has 1 unspecified atom stereocenters. The number of benzene rings is 2. The second kappa shape index (κ2) is 10.1. The van der Waals surface area contributed by atoms with E-state index in [1.54, 1.807) is 24.0 Å². The molecule has 1 amide bonds. The lowest BCUT2D eigenvalue weighted by molar-refractivity contribution is -0.147. The van der Waals surface area contributed by atoms with Crippen molar-refractivity contribution < 1.29 is 22.7 Å². The van der Waals surface area contributed by atoms with Crippen molar-refractivity contribution >= 4 is 27.6 Å². The van der Waals surface area contributed by atoms with Crippen LogP contribution in [0.4, 0.5) is 5.69 Å². The number of nitrogens with zero attached hydrogens (tertiary/aromatic N) is 1. The number of fused-ring (bicyclic) bond motifs is 1. The molecule has 1 atom stereocenters. The Morgan fingerprint density at radius 3 is 2.58 bits per heavy atom. The molecule has 0 aromatic heterocycles. The fourth-order valence-corrected chi connectivity index (χ4v) is 4.89. The van der Waals surface area contributed by atoms with E-state index in [1.165, 1.54) is 13.0 Å². The van der Waals surface area contributed by atoms with Crippen molar-refractivity contribution in [1.29, 1.82) is 0 Å². The van der Waals surface area contributed by atoms with Crippen LogP contribution in [-0.2, 0) is 37.2 Å². The molecule has 1 N–H and O–H groups in total. The molecule has 7 nitrogen and oxygen atoms in total. The smallest absolute Gasteiger partial charge is 0.310 e. The largest absolute Gasteiger partial charge is 0.466 e. The molecule has 2 aromatic rings. The van der Waals surface area contributed by atoms with Crippen LogP contribution in [-0.4, -0.2) is 40.0 Å². The lowest BCUT2D eigenvalue weighted by atomic mass is 10.00. The number of esters is 1. The van der Waals surface area contributed by atoms with Crippen molar-refractivity contribution in [3.63, 3.8) is 0 Å². The van der Waals surface area contributed by atoms with Crippen LogP contribution in [0.3, 0.4) is 0 Å². The highest BCUT2D eigenvalue weighted by molar-refractivity contribution is 7.89. The lowest BCUT2D eigenvalue weighted by Crippen LogP contribution is -2.36. The minimum atomic E-state index is -3.83. The first-order valence-corrected chi connectivity index (χ1v) is 11.9. The molecular formula is C23H28N2O5S. The van der Waals surface area contributed by atoms with Gasteiger partial charge in [0.2, 0.25) is 15.9 Å². The number of sulfonamides is 1. The minimum absolute atomic E-state index is 0.0622. The van der Waals surface area contributed by atoms with Gasteiger partial charge in [0, 0.05) is 25.7 Å². The number of rotatable bonds is 8. The number of ether oxygens (including phenoxy) is 1. The average Bonchev–Trinajstić information content (AvgIpc) is 2.76. The van der Waals surface area contributed by atoms with Crippen molar-refractivity contribution in [3.8, 4) is 0 Å². The number of hydrogen-bond acceptors (Lipinski definition) is 5.